The van der Waals surface area contributed by atoms with Gasteiger partial charge < -0.3 is 19.9 Å². The van der Waals surface area contributed by atoms with E-state index in [0.29, 0.717) is 48.3 Å². The van der Waals surface area contributed by atoms with Crippen molar-refractivity contribution in [3.63, 3.8) is 0 Å². The van der Waals surface area contributed by atoms with E-state index in [2.05, 4.69) is 5.10 Å². The Balaban J connectivity index is 2.11. The number of nitrogen functional groups attached to an aromatic ring is 1. The van der Waals surface area contributed by atoms with Gasteiger partial charge in [-0.15, -0.1) is 4.09 Å². The van der Waals surface area contributed by atoms with Crippen LogP contribution in [0.15, 0.2) is 47.4 Å². The maximum absolute atomic E-state index is 13.0. The molecule has 0 amide bonds. The lowest BCUT2D eigenvalue weighted by molar-refractivity contribution is 0.261. The standard InChI is InChI=1S/C22H27N3O5S/c1-5-28-19-12-16(13-20(29-6-2)22(19)30-7-3)18-14-21(23)25(24-18)31(26,27)17-10-8-15(4)9-11-17/h8-14H,5-7,23H2,1-4H3. The summed E-state index contributed by atoms with van der Waals surface area (Å²) in [5.74, 6) is 1.47. The molecule has 9 heteroatoms. The molecule has 0 aliphatic carbocycles. The molecule has 166 valence electrons. The summed E-state index contributed by atoms with van der Waals surface area (Å²) >= 11 is 0. The van der Waals surface area contributed by atoms with Gasteiger partial charge in [0, 0.05) is 11.6 Å². The number of nitrogens with zero attached hydrogens (tertiary/aromatic N) is 2. The number of rotatable bonds is 9. The monoisotopic (exact) mass is 445 g/mol. The Labute approximate surface area is 182 Å². The minimum Gasteiger partial charge on any atom is -0.490 e. The van der Waals surface area contributed by atoms with Crippen molar-refractivity contribution in [2.24, 2.45) is 0 Å². The van der Waals surface area contributed by atoms with Gasteiger partial charge in [0.25, 0.3) is 10.0 Å². The molecule has 0 unspecified atom stereocenters. The van der Waals surface area contributed by atoms with Gasteiger partial charge in [0.2, 0.25) is 5.75 Å². The third kappa shape index (κ3) is 4.61. The van der Waals surface area contributed by atoms with Crippen LogP contribution in [0.5, 0.6) is 17.2 Å². The van der Waals surface area contributed by atoms with Crippen LogP contribution in [-0.4, -0.2) is 37.4 Å². The zero-order valence-electron chi connectivity index (χ0n) is 18.1. The van der Waals surface area contributed by atoms with E-state index in [0.717, 1.165) is 9.65 Å². The van der Waals surface area contributed by atoms with Crippen molar-refractivity contribution in [2.75, 3.05) is 25.6 Å². The zero-order valence-corrected chi connectivity index (χ0v) is 18.9. The first-order valence-electron chi connectivity index (χ1n) is 10.1. The van der Waals surface area contributed by atoms with E-state index < -0.39 is 10.0 Å². The van der Waals surface area contributed by atoms with Crippen molar-refractivity contribution in [2.45, 2.75) is 32.6 Å². The fraction of sp³-hybridized carbons (Fsp3) is 0.318. The van der Waals surface area contributed by atoms with Gasteiger partial charge in [-0.05, 0) is 52.0 Å². The van der Waals surface area contributed by atoms with E-state index in [9.17, 15) is 8.42 Å². The zero-order chi connectivity index (χ0) is 22.6. The molecule has 2 aromatic carbocycles. The van der Waals surface area contributed by atoms with Gasteiger partial charge in [0.1, 0.15) is 5.82 Å². The number of ether oxygens (including phenoxy) is 3. The molecule has 0 radical (unpaired) electrons. The summed E-state index contributed by atoms with van der Waals surface area (Å²) in [5.41, 5.74) is 7.96. The number of benzene rings is 2. The Morgan fingerprint density at radius 1 is 0.903 bits per heavy atom. The van der Waals surface area contributed by atoms with Crippen LogP contribution < -0.4 is 19.9 Å². The SMILES string of the molecule is CCOc1cc(-c2cc(N)n(S(=O)(=O)c3ccc(C)cc3)n2)cc(OCC)c1OCC. The van der Waals surface area contributed by atoms with Gasteiger partial charge in [-0.3, -0.25) is 0 Å². The molecule has 1 aromatic heterocycles. The lowest BCUT2D eigenvalue weighted by atomic mass is 10.1. The Bertz CT molecular complexity index is 1130. The summed E-state index contributed by atoms with van der Waals surface area (Å²) in [4.78, 5) is 0.108. The topological polar surface area (TPSA) is 106 Å². The summed E-state index contributed by atoms with van der Waals surface area (Å²) < 4.78 is 44.1. The van der Waals surface area contributed by atoms with E-state index >= 15 is 0 Å². The normalized spacial score (nSPS) is 11.4. The molecule has 0 bridgehead atoms. The van der Waals surface area contributed by atoms with E-state index in [1.165, 1.54) is 18.2 Å². The maximum atomic E-state index is 13.0. The number of anilines is 1. The van der Waals surface area contributed by atoms with Crippen LogP contribution in [0.1, 0.15) is 26.3 Å². The fourth-order valence-electron chi connectivity index (χ4n) is 3.06. The number of aryl methyl sites for hydroxylation is 1. The molecule has 0 atom stereocenters. The van der Waals surface area contributed by atoms with Crippen molar-refractivity contribution in [1.82, 2.24) is 9.19 Å². The maximum Gasteiger partial charge on any atom is 0.284 e. The molecule has 3 rings (SSSR count). The van der Waals surface area contributed by atoms with Gasteiger partial charge in [-0.25, -0.2) is 0 Å². The Kier molecular flexibility index (Phi) is 6.74. The second kappa shape index (κ2) is 9.30. The molecule has 31 heavy (non-hydrogen) atoms. The molecule has 3 aromatic rings. The number of aromatic nitrogens is 2. The van der Waals surface area contributed by atoms with Crippen molar-refractivity contribution in [1.29, 1.82) is 0 Å². The fourth-order valence-corrected chi connectivity index (χ4v) is 4.27. The third-order valence-corrected chi connectivity index (χ3v) is 6.07. The summed E-state index contributed by atoms with van der Waals surface area (Å²) in [5, 5.41) is 4.28. The molecule has 2 N–H and O–H groups in total. The van der Waals surface area contributed by atoms with E-state index in [1.54, 1.807) is 24.3 Å². The summed E-state index contributed by atoms with van der Waals surface area (Å²) in [6.07, 6.45) is 0. The molecule has 0 saturated heterocycles. The number of hydrogen-bond donors (Lipinski definition) is 1. The predicted molar refractivity (Wildman–Crippen MR) is 119 cm³/mol. The van der Waals surface area contributed by atoms with Crippen molar-refractivity contribution in [3.05, 3.63) is 48.0 Å². The number of hydrogen-bond acceptors (Lipinski definition) is 7. The Morgan fingerprint density at radius 3 is 1.97 bits per heavy atom. The molecule has 1 heterocycles. The van der Waals surface area contributed by atoms with E-state index in [4.69, 9.17) is 19.9 Å². The average molecular weight is 446 g/mol. The minimum absolute atomic E-state index is 0.000351. The Hall–Kier alpha value is -3.20. The van der Waals surface area contributed by atoms with Crippen LogP contribution in [0.3, 0.4) is 0 Å². The summed E-state index contributed by atoms with van der Waals surface area (Å²) in [7, 11) is -3.94. The van der Waals surface area contributed by atoms with Gasteiger partial charge in [0.05, 0.1) is 30.4 Å². The molecule has 0 fully saturated rings. The highest BCUT2D eigenvalue weighted by Crippen LogP contribution is 2.42. The quantitative estimate of drug-likeness (QED) is 0.533. The van der Waals surface area contributed by atoms with Gasteiger partial charge in [-0.1, -0.05) is 17.7 Å². The van der Waals surface area contributed by atoms with Gasteiger partial charge in [-0.2, -0.15) is 13.5 Å². The molecule has 0 aliphatic rings. The first-order chi connectivity index (χ1) is 14.8. The highest BCUT2D eigenvalue weighted by molar-refractivity contribution is 7.90. The second-order valence-corrected chi connectivity index (χ2v) is 8.48. The van der Waals surface area contributed by atoms with E-state index in [1.807, 2.05) is 27.7 Å². The first kappa shape index (κ1) is 22.5. The van der Waals surface area contributed by atoms with Crippen LogP contribution in [0.4, 0.5) is 5.82 Å². The largest absolute Gasteiger partial charge is 0.490 e. The van der Waals surface area contributed by atoms with Gasteiger partial charge >= 0.3 is 0 Å². The van der Waals surface area contributed by atoms with Crippen molar-refractivity contribution < 1.29 is 22.6 Å². The molecular weight excluding hydrogens is 418 g/mol. The molecule has 0 aliphatic heterocycles. The lowest BCUT2D eigenvalue weighted by Gasteiger charge is -2.16. The molecule has 0 saturated carbocycles. The van der Waals surface area contributed by atoms with Crippen molar-refractivity contribution in [3.8, 4) is 28.5 Å². The van der Waals surface area contributed by atoms with Crippen LogP contribution in [0.25, 0.3) is 11.3 Å². The van der Waals surface area contributed by atoms with Crippen LogP contribution in [0, 0.1) is 6.92 Å². The second-order valence-electron chi connectivity index (χ2n) is 6.72. The molecular formula is C22H27N3O5S. The lowest BCUT2D eigenvalue weighted by Crippen LogP contribution is -2.16. The minimum atomic E-state index is -3.94. The Morgan fingerprint density at radius 2 is 1.45 bits per heavy atom. The smallest absolute Gasteiger partial charge is 0.284 e. The van der Waals surface area contributed by atoms with Crippen LogP contribution in [0.2, 0.25) is 0 Å². The van der Waals surface area contributed by atoms with E-state index in [-0.39, 0.29) is 10.7 Å². The predicted octanol–water partition coefficient (Wildman–Crippen LogP) is 3.87. The average Bonchev–Trinajstić information content (AvgIpc) is 3.13. The first-order valence-corrected chi connectivity index (χ1v) is 11.5. The molecule has 0 spiro atoms. The van der Waals surface area contributed by atoms with Crippen LogP contribution >= 0.6 is 0 Å². The van der Waals surface area contributed by atoms with Crippen LogP contribution in [-0.2, 0) is 10.0 Å². The highest BCUT2D eigenvalue weighted by atomic mass is 32.2. The van der Waals surface area contributed by atoms with Crippen molar-refractivity contribution >= 4 is 15.8 Å². The summed E-state index contributed by atoms with van der Waals surface area (Å²) in [6.45, 7) is 8.77. The highest BCUT2D eigenvalue weighted by Gasteiger charge is 2.23. The molecule has 8 nitrogen and oxygen atoms in total. The third-order valence-electron chi connectivity index (χ3n) is 4.46. The van der Waals surface area contributed by atoms with Gasteiger partial charge in [0.15, 0.2) is 11.5 Å². The number of nitrogens with two attached hydrogens (primary N) is 1. The summed E-state index contributed by atoms with van der Waals surface area (Å²) in [6, 6.07) is 11.5.